The van der Waals surface area contributed by atoms with E-state index in [1.807, 2.05) is 5.38 Å². The molecule has 5 nitrogen and oxygen atoms in total. The molecule has 0 bridgehead atoms. The van der Waals surface area contributed by atoms with Crippen LogP contribution >= 0.6 is 27.3 Å². The average Bonchev–Trinajstić information content (AvgIpc) is 2.85. The van der Waals surface area contributed by atoms with Gasteiger partial charge in [-0.25, -0.2) is 0 Å². The Morgan fingerprint density at radius 1 is 1.67 bits per heavy atom. The Labute approximate surface area is 99.2 Å². The van der Waals surface area contributed by atoms with Gasteiger partial charge in [-0.3, -0.25) is 11.3 Å². The molecule has 0 saturated carbocycles. The molecule has 7 heteroatoms. The average molecular weight is 288 g/mol. The molecule has 0 fully saturated rings. The van der Waals surface area contributed by atoms with Crippen LogP contribution in [0.5, 0.6) is 0 Å². The van der Waals surface area contributed by atoms with Crippen LogP contribution < -0.4 is 11.3 Å². The summed E-state index contributed by atoms with van der Waals surface area (Å²) in [7, 11) is 0. The van der Waals surface area contributed by atoms with Gasteiger partial charge in [-0.15, -0.1) is 11.3 Å². The summed E-state index contributed by atoms with van der Waals surface area (Å²) >= 11 is 5.11. The smallest absolute Gasteiger partial charge is 0.101 e. The van der Waals surface area contributed by atoms with Crippen molar-refractivity contribution in [3.8, 4) is 0 Å². The van der Waals surface area contributed by atoms with Crippen LogP contribution in [0, 0.1) is 0 Å². The fourth-order valence-corrected chi connectivity index (χ4v) is 2.79. The van der Waals surface area contributed by atoms with Crippen LogP contribution in [0.25, 0.3) is 0 Å². The zero-order chi connectivity index (χ0) is 10.7. The maximum Gasteiger partial charge on any atom is 0.101 e. The van der Waals surface area contributed by atoms with E-state index in [9.17, 15) is 0 Å². The van der Waals surface area contributed by atoms with Crippen molar-refractivity contribution in [2.75, 3.05) is 0 Å². The maximum absolute atomic E-state index is 5.48. The second-order valence-electron chi connectivity index (χ2n) is 3.05. The summed E-state index contributed by atoms with van der Waals surface area (Å²) in [5.41, 5.74) is 3.55. The van der Waals surface area contributed by atoms with Crippen LogP contribution in [-0.2, 0) is 6.42 Å². The highest BCUT2D eigenvalue weighted by atomic mass is 79.9. The number of H-pyrrole nitrogens is 1. The molecule has 0 aliphatic carbocycles. The van der Waals surface area contributed by atoms with Gasteiger partial charge in [0, 0.05) is 21.2 Å². The fraction of sp³-hybridized carbons (Fsp3) is 0.250. The number of nitrogens with one attached hydrogen (secondary N) is 2. The van der Waals surface area contributed by atoms with E-state index < -0.39 is 0 Å². The lowest BCUT2D eigenvalue weighted by Crippen LogP contribution is -2.29. The number of halogens is 1. The van der Waals surface area contributed by atoms with Crippen LogP contribution in [0.4, 0.5) is 0 Å². The summed E-state index contributed by atoms with van der Waals surface area (Å²) < 4.78 is 1.10. The van der Waals surface area contributed by atoms with Crippen molar-refractivity contribution in [3.05, 3.63) is 32.7 Å². The van der Waals surface area contributed by atoms with E-state index >= 15 is 0 Å². The molecule has 15 heavy (non-hydrogen) atoms. The first-order valence-corrected chi connectivity index (χ1v) is 6.01. The van der Waals surface area contributed by atoms with Crippen molar-refractivity contribution in [1.29, 1.82) is 0 Å². The topological polar surface area (TPSA) is 79.6 Å². The van der Waals surface area contributed by atoms with Crippen LogP contribution in [0.1, 0.15) is 16.6 Å². The molecule has 1 unspecified atom stereocenters. The largest absolute Gasteiger partial charge is 0.271 e. The second kappa shape index (κ2) is 4.84. The van der Waals surface area contributed by atoms with Gasteiger partial charge in [0.05, 0.1) is 12.2 Å². The van der Waals surface area contributed by atoms with Gasteiger partial charge in [0.15, 0.2) is 0 Å². The lowest BCUT2D eigenvalue weighted by Gasteiger charge is -2.10. The van der Waals surface area contributed by atoms with Crippen molar-refractivity contribution in [2.24, 2.45) is 5.84 Å². The standard InChI is InChI=1S/C8H10BrN5S/c9-5-1-6(15-4-5)2-7(12-10)8-3-11-14-13-8/h1,3-4,7,12H,2,10H2,(H,11,13,14). The first kappa shape index (κ1) is 10.7. The Morgan fingerprint density at radius 2 is 2.53 bits per heavy atom. The molecule has 2 heterocycles. The molecule has 0 aliphatic heterocycles. The summed E-state index contributed by atoms with van der Waals surface area (Å²) in [5, 5.41) is 12.4. The van der Waals surface area contributed by atoms with Gasteiger partial charge in [0.2, 0.25) is 0 Å². The van der Waals surface area contributed by atoms with Crippen molar-refractivity contribution < 1.29 is 0 Å². The van der Waals surface area contributed by atoms with Crippen LogP contribution in [0.2, 0.25) is 0 Å². The van der Waals surface area contributed by atoms with Crippen LogP contribution in [0.3, 0.4) is 0 Å². The minimum atomic E-state index is -0.00528. The molecule has 2 aromatic heterocycles. The van der Waals surface area contributed by atoms with Crippen molar-refractivity contribution >= 4 is 27.3 Å². The Morgan fingerprint density at radius 3 is 3.07 bits per heavy atom. The second-order valence-corrected chi connectivity index (χ2v) is 4.96. The molecule has 1 atom stereocenters. The summed E-state index contributed by atoms with van der Waals surface area (Å²) in [4.78, 5) is 1.24. The summed E-state index contributed by atoms with van der Waals surface area (Å²) in [6.07, 6.45) is 2.48. The number of hydrogen-bond donors (Lipinski definition) is 3. The minimum absolute atomic E-state index is 0.00528. The van der Waals surface area contributed by atoms with Gasteiger partial charge in [-0.05, 0) is 22.0 Å². The highest BCUT2D eigenvalue weighted by Crippen LogP contribution is 2.24. The number of aromatic nitrogens is 3. The normalized spacial score (nSPS) is 12.9. The van der Waals surface area contributed by atoms with Crippen molar-refractivity contribution in [3.63, 3.8) is 0 Å². The molecule has 2 aromatic rings. The van der Waals surface area contributed by atoms with Gasteiger partial charge in [-0.1, -0.05) is 0 Å². The Bertz CT molecular complexity index is 412. The zero-order valence-electron chi connectivity index (χ0n) is 7.77. The predicted octanol–water partition coefficient (Wildman–Crippen LogP) is 1.38. The number of nitrogens with two attached hydrogens (primary N) is 1. The number of hydrogen-bond acceptors (Lipinski definition) is 5. The molecule has 0 saturated heterocycles. The molecule has 0 aromatic carbocycles. The van der Waals surface area contributed by atoms with E-state index in [4.69, 9.17) is 5.84 Å². The van der Waals surface area contributed by atoms with E-state index in [-0.39, 0.29) is 6.04 Å². The van der Waals surface area contributed by atoms with Gasteiger partial charge < -0.3 is 0 Å². The predicted molar refractivity (Wildman–Crippen MR) is 62.2 cm³/mol. The lowest BCUT2D eigenvalue weighted by atomic mass is 10.1. The minimum Gasteiger partial charge on any atom is -0.271 e. The van der Waals surface area contributed by atoms with Crippen molar-refractivity contribution in [2.45, 2.75) is 12.5 Å². The SMILES string of the molecule is NNC(Cc1cc(Br)cs1)c1cn[nH]n1. The molecular weight excluding hydrogens is 278 g/mol. The Hall–Kier alpha value is -0.760. The first-order chi connectivity index (χ1) is 7.29. The summed E-state index contributed by atoms with van der Waals surface area (Å²) in [6.45, 7) is 0. The number of nitrogens with zero attached hydrogens (tertiary/aromatic N) is 2. The number of hydrazine groups is 1. The molecule has 0 radical (unpaired) electrons. The van der Waals surface area contributed by atoms with Gasteiger partial charge in [-0.2, -0.15) is 15.4 Å². The number of aromatic amines is 1. The fourth-order valence-electron chi connectivity index (χ4n) is 1.29. The molecule has 80 valence electrons. The first-order valence-electron chi connectivity index (χ1n) is 4.34. The lowest BCUT2D eigenvalue weighted by molar-refractivity contribution is 0.540. The quantitative estimate of drug-likeness (QED) is 0.586. The third-order valence-corrected chi connectivity index (χ3v) is 3.74. The maximum atomic E-state index is 5.48. The van der Waals surface area contributed by atoms with Crippen molar-refractivity contribution in [1.82, 2.24) is 20.8 Å². The molecule has 4 N–H and O–H groups in total. The highest BCUT2D eigenvalue weighted by molar-refractivity contribution is 9.10. The van der Waals surface area contributed by atoms with Gasteiger partial charge in [0.1, 0.15) is 5.69 Å². The number of thiophene rings is 1. The monoisotopic (exact) mass is 287 g/mol. The third kappa shape index (κ3) is 2.63. The van der Waals surface area contributed by atoms with E-state index in [1.54, 1.807) is 17.5 Å². The zero-order valence-corrected chi connectivity index (χ0v) is 10.2. The van der Waals surface area contributed by atoms with E-state index in [1.165, 1.54) is 4.88 Å². The Balaban J connectivity index is 2.09. The van der Waals surface area contributed by atoms with Crippen LogP contribution in [0.15, 0.2) is 22.1 Å². The third-order valence-electron chi connectivity index (χ3n) is 2.02. The molecular formula is C8H10BrN5S. The highest BCUT2D eigenvalue weighted by Gasteiger charge is 2.14. The number of rotatable bonds is 4. The van der Waals surface area contributed by atoms with E-state index in [0.29, 0.717) is 0 Å². The Kier molecular flexibility index (Phi) is 3.47. The van der Waals surface area contributed by atoms with Crippen LogP contribution in [-0.4, -0.2) is 15.4 Å². The molecule has 2 rings (SSSR count). The molecule has 0 spiro atoms. The van der Waals surface area contributed by atoms with Gasteiger partial charge in [0.25, 0.3) is 0 Å². The summed E-state index contributed by atoms with van der Waals surface area (Å²) in [6, 6.07) is 2.07. The molecule has 0 amide bonds. The molecule has 0 aliphatic rings. The van der Waals surface area contributed by atoms with E-state index in [2.05, 4.69) is 42.8 Å². The van der Waals surface area contributed by atoms with E-state index in [0.717, 1.165) is 16.6 Å². The summed E-state index contributed by atoms with van der Waals surface area (Å²) in [5.74, 6) is 5.48. The van der Waals surface area contributed by atoms with Gasteiger partial charge >= 0.3 is 0 Å².